The Morgan fingerprint density at radius 1 is 1.18 bits per heavy atom. The number of anilines is 2. The summed E-state index contributed by atoms with van der Waals surface area (Å²) >= 11 is 0. The number of carbonyl (C=O) groups excluding carboxylic acids is 1. The fourth-order valence-electron chi connectivity index (χ4n) is 5.82. The molecule has 3 saturated heterocycles. The maximum absolute atomic E-state index is 12.3. The van der Waals surface area contributed by atoms with Gasteiger partial charge in [-0.2, -0.15) is 14.4 Å². The molecule has 1 aromatic carbocycles. The maximum Gasteiger partial charge on any atom is 0.236 e. The largest absolute Gasteiger partial charge is 0.378 e. The van der Waals surface area contributed by atoms with E-state index in [4.69, 9.17) is 14.7 Å². The average Bonchev–Trinajstić information content (AvgIpc) is 3.39. The summed E-state index contributed by atoms with van der Waals surface area (Å²) in [6, 6.07) is 12.0. The molecule has 1 amide bonds. The summed E-state index contributed by atoms with van der Waals surface area (Å²) in [7, 11) is -3.19. The van der Waals surface area contributed by atoms with Crippen LogP contribution in [0.15, 0.2) is 41.5 Å². The Morgan fingerprint density at radius 2 is 1.90 bits per heavy atom. The predicted octanol–water partition coefficient (Wildman–Crippen LogP) is 1.79. The molecule has 0 aliphatic carbocycles. The number of fused-ring (bicyclic) bond motifs is 3. The van der Waals surface area contributed by atoms with E-state index in [1.165, 1.54) is 11.3 Å². The lowest BCUT2D eigenvalue weighted by molar-refractivity contribution is -0.107. The minimum atomic E-state index is -3.19. The van der Waals surface area contributed by atoms with Crippen molar-refractivity contribution in [2.24, 2.45) is 5.10 Å². The van der Waals surface area contributed by atoms with Gasteiger partial charge in [0.2, 0.25) is 16.4 Å². The van der Waals surface area contributed by atoms with E-state index in [1.54, 1.807) is 4.31 Å². The SMILES string of the molecule is CC/C(=N\N(C=O)c1cc(N2CCOCC2)c2[nH]c(CN3C4CC3CN(S(C)(=O)=O)C4)nc2n1)c1ccccc1. The third kappa shape index (κ3) is 5.21. The number of hydrogen-bond donors (Lipinski definition) is 1. The van der Waals surface area contributed by atoms with Crippen LogP contribution < -0.4 is 9.91 Å². The predicted molar refractivity (Wildman–Crippen MR) is 153 cm³/mol. The molecule has 2 bridgehead atoms. The van der Waals surface area contributed by atoms with Gasteiger partial charge in [0.1, 0.15) is 11.3 Å². The van der Waals surface area contributed by atoms with Gasteiger partial charge in [-0.05, 0) is 18.4 Å². The lowest BCUT2D eigenvalue weighted by Crippen LogP contribution is -2.68. The van der Waals surface area contributed by atoms with E-state index in [0.717, 1.165) is 34.7 Å². The Balaban J connectivity index is 1.33. The normalized spacial score (nSPS) is 22.4. The second-order valence-corrected chi connectivity index (χ2v) is 12.5. The van der Waals surface area contributed by atoms with E-state index in [9.17, 15) is 13.2 Å². The van der Waals surface area contributed by atoms with Crippen molar-refractivity contribution in [2.45, 2.75) is 38.4 Å². The molecule has 5 heterocycles. The molecular weight excluding hydrogens is 532 g/mol. The minimum absolute atomic E-state index is 0.175. The van der Waals surface area contributed by atoms with E-state index >= 15 is 0 Å². The number of morpholine rings is 1. The standard InChI is InChI=1S/C27H34N8O4S/c1-3-22(19-7-5-4-6-8-19)31-35(18-36)25-14-23(32-9-11-39-12-10-32)26-27(30-25)29-24(28-26)17-34-20-13-21(34)16-33(15-20)40(2,37)38/h4-8,14,18,20-21H,3,9-13,15-17H2,1-2H3,(H,28,29,30)/b31-22+. The maximum atomic E-state index is 12.3. The van der Waals surface area contributed by atoms with Gasteiger partial charge in [-0.1, -0.05) is 37.3 Å². The van der Waals surface area contributed by atoms with E-state index in [1.807, 2.05) is 43.3 Å². The number of nitrogens with zero attached hydrogens (tertiary/aromatic N) is 7. The van der Waals surface area contributed by atoms with Crippen molar-refractivity contribution in [3.63, 3.8) is 0 Å². The fourth-order valence-corrected chi connectivity index (χ4v) is 6.71. The van der Waals surface area contributed by atoms with Crippen molar-refractivity contribution in [2.75, 3.05) is 55.6 Å². The van der Waals surface area contributed by atoms with Gasteiger partial charge in [-0.25, -0.2) is 18.4 Å². The highest BCUT2D eigenvalue weighted by molar-refractivity contribution is 7.88. The Kier molecular flexibility index (Phi) is 7.29. The number of H-pyrrole nitrogens is 1. The number of aromatic nitrogens is 3. The van der Waals surface area contributed by atoms with E-state index < -0.39 is 10.0 Å². The number of amides is 1. The molecule has 13 heteroatoms. The third-order valence-corrected chi connectivity index (χ3v) is 9.18. The summed E-state index contributed by atoms with van der Waals surface area (Å²) < 4.78 is 31.2. The van der Waals surface area contributed by atoms with Gasteiger partial charge < -0.3 is 14.6 Å². The molecule has 0 spiro atoms. The molecule has 2 atom stereocenters. The summed E-state index contributed by atoms with van der Waals surface area (Å²) in [4.78, 5) is 29.9. The highest BCUT2D eigenvalue weighted by Gasteiger charge is 2.47. The number of piperazine rings is 1. The fraction of sp³-hybridized carbons (Fsp3) is 0.481. The minimum Gasteiger partial charge on any atom is -0.378 e. The van der Waals surface area contributed by atoms with Gasteiger partial charge in [0.25, 0.3) is 0 Å². The number of hydrazone groups is 1. The van der Waals surface area contributed by atoms with E-state index in [0.29, 0.717) is 70.2 Å². The Labute approximate surface area is 233 Å². The van der Waals surface area contributed by atoms with Crippen molar-refractivity contribution in [3.8, 4) is 0 Å². The van der Waals surface area contributed by atoms with Crippen LogP contribution in [0.25, 0.3) is 11.2 Å². The number of piperidine rings is 1. The van der Waals surface area contributed by atoms with Crippen molar-refractivity contribution in [3.05, 3.63) is 47.8 Å². The number of hydrogen-bond acceptors (Lipinski definition) is 9. The summed E-state index contributed by atoms with van der Waals surface area (Å²) in [5.74, 6) is 1.16. The van der Waals surface area contributed by atoms with Crippen molar-refractivity contribution in [1.29, 1.82) is 0 Å². The van der Waals surface area contributed by atoms with Crippen LogP contribution in [-0.2, 0) is 26.1 Å². The van der Waals surface area contributed by atoms with Crippen molar-refractivity contribution < 1.29 is 17.9 Å². The molecular formula is C27H34N8O4S. The monoisotopic (exact) mass is 566 g/mol. The molecule has 212 valence electrons. The molecule has 3 aliphatic rings. The Morgan fingerprint density at radius 3 is 2.55 bits per heavy atom. The number of likely N-dealkylation sites (tertiary alicyclic amines) is 1. The van der Waals surface area contributed by atoms with Crippen LogP contribution in [0, 0.1) is 0 Å². The quantitative estimate of drug-likeness (QED) is 0.236. The van der Waals surface area contributed by atoms with Crippen LogP contribution in [0.5, 0.6) is 0 Å². The van der Waals surface area contributed by atoms with Crippen LogP contribution in [0.2, 0.25) is 0 Å². The third-order valence-electron chi connectivity index (χ3n) is 7.95. The zero-order valence-corrected chi connectivity index (χ0v) is 23.5. The second-order valence-electron chi connectivity index (χ2n) is 10.5. The highest BCUT2D eigenvalue weighted by atomic mass is 32.2. The van der Waals surface area contributed by atoms with Crippen LogP contribution in [-0.4, -0.2) is 102 Å². The first-order valence-corrected chi connectivity index (χ1v) is 15.5. The molecule has 2 aromatic heterocycles. The topological polar surface area (TPSA) is 127 Å². The van der Waals surface area contributed by atoms with Crippen molar-refractivity contribution in [1.82, 2.24) is 24.2 Å². The molecule has 2 unspecified atom stereocenters. The van der Waals surface area contributed by atoms with Gasteiger partial charge in [0.15, 0.2) is 11.5 Å². The molecule has 0 radical (unpaired) electrons. The van der Waals surface area contributed by atoms with E-state index in [-0.39, 0.29) is 12.1 Å². The number of ether oxygens (including phenoxy) is 1. The van der Waals surface area contributed by atoms with E-state index in [2.05, 4.69) is 19.9 Å². The molecule has 40 heavy (non-hydrogen) atoms. The number of rotatable bonds is 9. The lowest BCUT2D eigenvalue weighted by atomic mass is 9.89. The van der Waals surface area contributed by atoms with Crippen LogP contribution in [0.1, 0.15) is 31.2 Å². The Bertz CT molecular complexity index is 1510. The number of sulfonamides is 1. The van der Waals surface area contributed by atoms with Gasteiger partial charge >= 0.3 is 0 Å². The van der Waals surface area contributed by atoms with Crippen LogP contribution in [0.3, 0.4) is 0 Å². The molecule has 6 rings (SSSR count). The molecule has 3 aliphatic heterocycles. The number of benzene rings is 1. The zero-order valence-electron chi connectivity index (χ0n) is 22.7. The average molecular weight is 567 g/mol. The zero-order chi connectivity index (χ0) is 27.9. The number of carbonyl (C=O) groups is 1. The summed E-state index contributed by atoms with van der Waals surface area (Å²) in [6.07, 6.45) is 3.58. The lowest BCUT2D eigenvalue weighted by Gasteiger charge is -2.55. The first kappa shape index (κ1) is 26.8. The first-order valence-electron chi connectivity index (χ1n) is 13.6. The first-order chi connectivity index (χ1) is 19.3. The number of aromatic amines is 1. The molecule has 3 fully saturated rings. The van der Waals surface area contributed by atoms with Gasteiger partial charge in [-0.3, -0.25) is 9.69 Å². The summed E-state index contributed by atoms with van der Waals surface area (Å²) in [5, 5.41) is 5.95. The Hall–Kier alpha value is -3.39. The molecule has 1 N–H and O–H groups in total. The van der Waals surface area contributed by atoms with Crippen molar-refractivity contribution >= 4 is 44.8 Å². The van der Waals surface area contributed by atoms with Gasteiger partial charge in [0, 0.05) is 44.3 Å². The molecule has 3 aromatic rings. The number of pyridine rings is 1. The smallest absolute Gasteiger partial charge is 0.236 e. The van der Waals surface area contributed by atoms with Crippen LogP contribution in [0.4, 0.5) is 11.5 Å². The second kappa shape index (κ2) is 10.9. The number of nitrogens with one attached hydrogen (secondary N) is 1. The number of imidazole rings is 1. The summed E-state index contributed by atoms with van der Waals surface area (Å²) in [6.45, 7) is 6.22. The highest BCUT2D eigenvalue weighted by Crippen LogP contribution is 2.35. The van der Waals surface area contributed by atoms with Crippen LogP contribution >= 0.6 is 0 Å². The molecule has 0 saturated carbocycles. The van der Waals surface area contributed by atoms with Gasteiger partial charge in [0.05, 0.1) is 37.4 Å². The molecule has 12 nitrogen and oxygen atoms in total. The summed E-state index contributed by atoms with van der Waals surface area (Å²) in [5.41, 5.74) is 3.93. The van der Waals surface area contributed by atoms with Gasteiger partial charge in [-0.15, -0.1) is 0 Å².